The van der Waals surface area contributed by atoms with Gasteiger partial charge < -0.3 is 5.32 Å². The summed E-state index contributed by atoms with van der Waals surface area (Å²) in [5, 5.41) is 3.26. The van der Waals surface area contributed by atoms with Crippen LogP contribution in [0.1, 0.15) is 12.8 Å². The molecule has 2 rings (SSSR count). The maximum Gasteiger partial charge on any atom is 0.282 e. The van der Waals surface area contributed by atoms with E-state index < -0.39 is 10.2 Å². The Bertz CT molecular complexity index is 321. The molecular weight excluding hydrogens is 202 g/mol. The third-order valence-electron chi connectivity index (χ3n) is 3.46. The second kappa shape index (κ2) is 3.16. The highest BCUT2D eigenvalue weighted by Gasteiger charge is 2.50. The fourth-order valence-electron chi connectivity index (χ4n) is 2.41. The van der Waals surface area contributed by atoms with Gasteiger partial charge in [0.25, 0.3) is 10.2 Å². The molecule has 0 amide bonds. The van der Waals surface area contributed by atoms with E-state index in [1.54, 1.807) is 18.4 Å². The smallest absolute Gasteiger partial charge is 0.282 e. The van der Waals surface area contributed by atoms with Gasteiger partial charge in [-0.2, -0.15) is 17.0 Å². The van der Waals surface area contributed by atoms with Gasteiger partial charge in [0.15, 0.2) is 0 Å². The van der Waals surface area contributed by atoms with E-state index in [4.69, 9.17) is 0 Å². The Hall–Kier alpha value is -0.170. The van der Waals surface area contributed by atoms with Crippen molar-refractivity contribution in [1.29, 1.82) is 0 Å². The van der Waals surface area contributed by atoms with Gasteiger partial charge in [0.2, 0.25) is 0 Å². The van der Waals surface area contributed by atoms with Crippen molar-refractivity contribution >= 4 is 10.2 Å². The summed E-state index contributed by atoms with van der Waals surface area (Å²) in [4.78, 5) is 0. The minimum atomic E-state index is -3.17. The predicted molar refractivity (Wildman–Crippen MR) is 54.1 cm³/mol. The molecule has 2 aliphatic heterocycles. The predicted octanol–water partition coefficient (Wildman–Crippen LogP) is -0.769. The van der Waals surface area contributed by atoms with Gasteiger partial charge in [0, 0.05) is 20.6 Å². The highest BCUT2D eigenvalue weighted by Crippen LogP contribution is 2.35. The number of nitrogens with one attached hydrogen (secondary N) is 1. The van der Waals surface area contributed by atoms with Gasteiger partial charge in [-0.3, -0.25) is 0 Å². The minimum absolute atomic E-state index is 0.154. The SMILES string of the molecule is CN1CC2(CCNCC2)N(C)S1(=O)=O. The van der Waals surface area contributed by atoms with Gasteiger partial charge in [-0.25, -0.2) is 0 Å². The fourth-order valence-corrected chi connectivity index (χ4v) is 3.97. The van der Waals surface area contributed by atoms with Gasteiger partial charge in [-0.15, -0.1) is 0 Å². The molecule has 2 aliphatic rings. The summed E-state index contributed by atoms with van der Waals surface area (Å²) >= 11 is 0. The summed E-state index contributed by atoms with van der Waals surface area (Å²) in [5.41, 5.74) is -0.154. The molecule has 0 aliphatic carbocycles. The van der Waals surface area contributed by atoms with Gasteiger partial charge in [-0.05, 0) is 25.9 Å². The molecule has 82 valence electrons. The van der Waals surface area contributed by atoms with Crippen molar-refractivity contribution in [2.45, 2.75) is 18.4 Å². The van der Waals surface area contributed by atoms with Crippen LogP contribution in [-0.2, 0) is 10.2 Å². The van der Waals surface area contributed by atoms with Crippen molar-refractivity contribution in [3.8, 4) is 0 Å². The zero-order valence-corrected chi connectivity index (χ0v) is 9.47. The average Bonchev–Trinajstić information content (AvgIpc) is 2.31. The molecule has 2 saturated heterocycles. The van der Waals surface area contributed by atoms with Crippen LogP contribution in [-0.4, -0.2) is 56.3 Å². The molecule has 0 atom stereocenters. The van der Waals surface area contributed by atoms with Crippen molar-refractivity contribution in [3.63, 3.8) is 0 Å². The van der Waals surface area contributed by atoms with E-state index in [1.807, 2.05) is 0 Å². The van der Waals surface area contributed by atoms with Gasteiger partial charge in [-0.1, -0.05) is 0 Å². The van der Waals surface area contributed by atoms with Crippen LogP contribution in [0.15, 0.2) is 0 Å². The number of likely N-dealkylation sites (N-methyl/N-ethyl adjacent to an activating group) is 2. The molecule has 1 N–H and O–H groups in total. The lowest BCUT2D eigenvalue weighted by atomic mass is 9.88. The standard InChI is InChI=1S/C8H17N3O2S/c1-10-7-8(3-5-9-6-4-8)11(2)14(10,12)13/h9H,3-7H2,1-2H3. The van der Waals surface area contributed by atoms with E-state index in [9.17, 15) is 8.42 Å². The monoisotopic (exact) mass is 219 g/mol. The number of hydrogen-bond donors (Lipinski definition) is 1. The van der Waals surface area contributed by atoms with Crippen molar-refractivity contribution in [2.24, 2.45) is 0 Å². The van der Waals surface area contributed by atoms with Gasteiger partial charge >= 0.3 is 0 Å². The molecule has 0 aromatic rings. The van der Waals surface area contributed by atoms with Crippen molar-refractivity contribution in [3.05, 3.63) is 0 Å². The summed E-state index contributed by atoms with van der Waals surface area (Å²) in [6.07, 6.45) is 1.82. The maximum absolute atomic E-state index is 11.8. The van der Waals surface area contributed by atoms with Crippen molar-refractivity contribution in [1.82, 2.24) is 13.9 Å². The van der Waals surface area contributed by atoms with Gasteiger partial charge in [0.1, 0.15) is 0 Å². The van der Waals surface area contributed by atoms with Crippen molar-refractivity contribution in [2.75, 3.05) is 33.7 Å². The normalized spacial score (nSPS) is 32.4. The van der Waals surface area contributed by atoms with E-state index in [1.165, 1.54) is 4.31 Å². The second-order valence-corrected chi connectivity index (χ2v) is 6.27. The molecule has 1 spiro atoms. The Morgan fingerprint density at radius 3 is 2.21 bits per heavy atom. The fraction of sp³-hybridized carbons (Fsp3) is 1.00. The molecule has 5 nitrogen and oxygen atoms in total. The Morgan fingerprint density at radius 1 is 1.21 bits per heavy atom. The van der Waals surface area contributed by atoms with E-state index in [-0.39, 0.29) is 5.54 Å². The molecular formula is C8H17N3O2S. The largest absolute Gasteiger partial charge is 0.317 e. The van der Waals surface area contributed by atoms with Crippen LogP contribution < -0.4 is 5.32 Å². The summed E-state index contributed by atoms with van der Waals surface area (Å²) in [6, 6.07) is 0. The van der Waals surface area contributed by atoms with Gasteiger partial charge in [0.05, 0.1) is 5.54 Å². The Balaban J connectivity index is 2.31. The van der Waals surface area contributed by atoms with Crippen LogP contribution in [0, 0.1) is 0 Å². The summed E-state index contributed by atoms with van der Waals surface area (Å²) < 4.78 is 26.6. The minimum Gasteiger partial charge on any atom is -0.317 e. The zero-order valence-electron chi connectivity index (χ0n) is 8.65. The Labute approximate surface area is 85.2 Å². The first-order chi connectivity index (χ1) is 6.49. The number of rotatable bonds is 0. The molecule has 0 radical (unpaired) electrons. The van der Waals surface area contributed by atoms with Crippen LogP contribution in [0.2, 0.25) is 0 Å². The van der Waals surface area contributed by atoms with Crippen LogP contribution in [0.25, 0.3) is 0 Å². The maximum atomic E-state index is 11.8. The average molecular weight is 219 g/mol. The summed E-state index contributed by atoms with van der Waals surface area (Å²) in [6.45, 7) is 2.45. The first-order valence-electron chi connectivity index (χ1n) is 4.90. The zero-order chi connectivity index (χ0) is 10.4. The molecule has 0 unspecified atom stereocenters. The third-order valence-corrected chi connectivity index (χ3v) is 5.46. The molecule has 0 aromatic carbocycles. The molecule has 6 heteroatoms. The third kappa shape index (κ3) is 1.29. The van der Waals surface area contributed by atoms with E-state index >= 15 is 0 Å². The Kier molecular flexibility index (Phi) is 2.34. The lowest BCUT2D eigenvalue weighted by Crippen LogP contribution is -2.51. The topological polar surface area (TPSA) is 52.6 Å². The number of hydrogen-bond acceptors (Lipinski definition) is 3. The number of nitrogens with zero attached hydrogens (tertiary/aromatic N) is 2. The van der Waals surface area contributed by atoms with Crippen LogP contribution in [0.5, 0.6) is 0 Å². The first-order valence-corrected chi connectivity index (χ1v) is 6.30. The highest BCUT2D eigenvalue weighted by atomic mass is 32.2. The molecule has 0 bridgehead atoms. The van der Waals surface area contributed by atoms with Crippen molar-refractivity contribution < 1.29 is 8.42 Å². The van der Waals surface area contributed by atoms with E-state index in [0.717, 1.165) is 25.9 Å². The lowest BCUT2D eigenvalue weighted by Gasteiger charge is -2.37. The quantitative estimate of drug-likeness (QED) is 0.582. The van der Waals surface area contributed by atoms with Crippen LogP contribution in [0.4, 0.5) is 0 Å². The van der Waals surface area contributed by atoms with E-state index in [2.05, 4.69) is 5.32 Å². The van der Waals surface area contributed by atoms with Crippen LogP contribution >= 0.6 is 0 Å². The molecule has 0 aromatic heterocycles. The lowest BCUT2D eigenvalue weighted by molar-refractivity contribution is 0.177. The summed E-state index contributed by atoms with van der Waals surface area (Å²) in [5.74, 6) is 0. The Morgan fingerprint density at radius 2 is 1.79 bits per heavy atom. The molecule has 14 heavy (non-hydrogen) atoms. The number of piperidine rings is 1. The molecule has 0 saturated carbocycles. The van der Waals surface area contributed by atoms with Crippen LogP contribution in [0.3, 0.4) is 0 Å². The summed E-state index contributed by atoms with van der Waals surface area (Å²) in [7, 11) is 0.181. The molecule has 2 heterocycles. The van der Waals surface area contributed by atoms with E-state index in [0.29, 0.717) is 6.54 Å². The first kappa shape index (κ1) is 10.4. The highest BCUT2D eigenvalue weighted by molar-refractivity contribution is 7.87. The second-order valence-electron chi connectivity index (χ2n) is 4.21. The molecule has 2 fully saturated rings.